The van der Waals surface area contributed by atoms with E-state index in [9.17, 15) is 23.2 Å². The second kappa shape index (κ2) is 8.85. The minimum atomic E-state index is -2.89. The highest BCUT2D eigenvalue weighted by molar-refractivity contribution is 7.10. The van der Waals surface area contributed by atoms with Gasteiger partial charge in [0.25, 0.3) is 5.91 Å². The number of nitrogens with zero attached hydrogens (tertiary/aromatic N) is 2. The smallest absolute Gasteiger partial charge is 0.387 e. The largest absolute Gasteiger partial charge is 0.435 e. The van der Waals surface area contributed by atoms with Gasteiger partial charge in [-0.05, 0) is 60.9 Å². The third kappa shape index (κ3) is 4.59. The molecule has 0 bridgehead atoms. The number of imide groups is 1. The molecule has 1 aromatic heterocycles. The van der Waals surface area contributed by atoms with Crippen LogP contribution in [0, 0.1) is 0 Å². The molecular formula is C22H23F2N3O4S. The Hall–Kier alpha value is -3.01. The maximum absolute atomic E-state index is 13.0. The van der Waals surface area contributed by atoms with Crippen molar-refractivity contribution in [2.24, 2.45) is 0 Å². The molecule has 1 N–H and O–H groups in total. The SMILES string of the molecule is C[C@]1(CCc2ccc(OC(F)F)cc2)NC(=O)N(CC(=O)N2CCc3sccc3C2)C1=O. The van der Waals surface area contributed by atoms with Crippen LogP contribution in [0.15, 0.2) is 35.7 Å². The van der Waals surface area contributed by atoms with Gasteiger partial charge in [0.15, 0.2) is 0 Å². The minimum absolute atomic E-state index is 0.0529. The van der Waals surface area contributed by atoms with Gasteiger partial charge < -0.3 is 15.0 Å². The van der Waals surface area contributed by atoms with Gasteiger partial charge in [-0.25, -0.2) is 4.79 Å². The molecule has 1 atom stereocenters. The summed E-state index contributed by atoms with van der Waals surface area (Å²) in [5.41, 5.74) is 0.781. The number of hydrogen-bond donors (Lipinski definition) is 1. The Morgan fingerprint density at radius 1 is 1.25 bits per heavy atom. The number of carbonyl (C=O) groups excluding carboxylic acids is 3. The molecule has 1 fully saturated rings. The Morgan fingerprint density at radius 2 is 2.00 bits per heavy atom. The first-order chi connectivity index (χ1) is 15.2. The van der Waals surface area contributed by atoms with Gasteiger partial charge in [0.2, 0.25) is 5.91 Å². The lowest BCUT2D eigenvalue weighted by molar-refractivity contribution is -0.139. The number of amides is 4. The molecule has 170 valence electrons. The van der Waals surface area contributed by atoms with Gasteiger partial charge in [-0.15, -0.1) is 11.3 Å². The van der Waals surface area contributed by atoms with Crippen molar-refractivity contribution in [1.29, 1.82) is 0 Å². The molecule has 0 radical (unpaired) electrons. The summed E-state index contributed by atoms with van der Waals surface area (Å²) < 4.78 is 28.9. The van der Waals surface area contributed by atoms with Gasteiger partial charge in [0.05, 0.1) is 0 Å². The third-order valence-corrected chi connectivity index (χ3v) is 6.88. The molecule has 0 spiro atoms. The molecule has 10 heteroatoms. The van der Waals surface area contributed by atoms with E-state index < -0.39 is 24.1 Å². The van der Waals surface area contributed by atoms with Crippen LogP contribution in [-0.2, 0) is 29.0 Å². The first-order valence-electron chi connectivity index (χ1n) is 10.3. The number of nitrogens with one attached hydrogen (secondary N) is 1. The maximum atomic E-state index is 13.0. The number of urea groups is 1. The molecule has 4 amide bonds. The average molecular weight is 464 g/mol. The van der Waals surface area contributed by atoms with Crippen molar-refractivity contribution < 1.29 is 27.9 Å². The summed E-state index contributed by atoms with van der Waals surface area (Å²) in [4.78, 5) is 42.1. The van der Waals surface area contributed by atoms with Crippen molar-refractivity contribution in [3.05, 3.63) is 51.7 Å². The number of rotatable bonds is 7. The molecule has 2 aliphatic rings. The van der Waals surface area contributed by atoms with Crippen LogP contribution in [0.3, 0.4) is 0 Å². The zero-order chi connectivity index (χ0) is 22.9. The summed E-state index contributed by atoms with van der Waals surface area (Å²) in [7, 11) is 0. The molecule has 7 nitrogen and oxygen atoms in total. The van der Waals surface area contributed by atoms with Crippen LogP contribution < -0.4 is 10.1 Å². The Morgan fingerprint density at radius 3 is 2.72 bits per heavy atom. The van der Waals surface area contributed by atoms with E-state index in [4.69, 9.17) is 0 Å². The van der Waals surface area contributed by atoms with Gasteiger partial charge in [0.1, 0.15) is 17.8 Å². The maximum Gasteiger partial charge on any atom is 0.387 e. The summed E-state index contributed by atoms with van der Waals surface area (Å²) in [6.45, 7) is -0.497. The molecule has 1 aromatic carbocycles. The van der Waals surface area contributed by atoms with Crippen molar-refractivity contribution in [3.8, 4) is 5.75 Å². The lowest BCUT2D eigenvalue weighted by Crippen LogP contribution is -2.46. The Balaban J connectivity index is 1.35. The van der Waals surface area contributed by atoms with E-state index in [-0.39, 0.29) is 18.2 Å². The fourth-order valence-corrected chi connectivity index (χ4v) is 4.88. The number of ether oxygens (including phenoxy) is 1. The Bertz CT molecular complexity index is 1030. The van der Waals surface area contributed by atoms with Crippen molar-refractivity contribution in [1.82, 2.24) is 15.1 Å². The van der Waals surface area contributed by atoms with Crippen molar-refractivity contribution in [2.45, 2.75) is 44.9 Å². The summed E-state index contributed by atoms with van der Waals surface area (Å²) in [5.74, 6) is -0.650. The Kier molecular flexibility index (Phi) is 6.14. The molecule has 3 heterocycles. The van der Waals surface area contributed by atoms with E-state index in [2.05, 4.69) is 10.1 Å². The number of aryl methyl sites for hydroxylation is 1. The number of fused-ring (bicyclic) bond motifs is 1. The molecule has 1 saturated heterocycles. The van der Waals surface area contributed by atoms with Crippen LogP contribution >= 0.6 is 11.3 Å². The minimum Gasteiger partial charge on any atom is -0.435 e. The third-order valence-electron chi connectivity index (χ3n) is 5.86. The number of thiophene rings is 1. The lowest BCUT2D eigenvalue weighted by atomic mass is 9.93. The highest BCUT2D eigenvalue weighted by atomic mass is 32.1. The summed E-state index contributed by atoms with van der Waals surface area (Å²) in [6.07, 6.45) is 1.52. The van der Waals surface area contributed by atoms with Crippen molar-refractivity contribution >= 4 is 29.2 Å². The van der Waals surface area contributed by atoms with Crippen LogP contribution in [-0.4, -0.2) is 52.9 Å². The van der Waals surface area contributed by atoms with Gasteiger partial charge in [-0.2, -0.15) is 8.78 Å². The molecule has 4 rings (SSSR count). The average Bonchev–Trinajstić information content (AvgIpc) is 3.31. The first-order valence-corrected chi connectivity index (χ1v) is 11.1. The quantitative estimate of drug-likeness (QED) is 0.640. The van der Waals surface area contributed by atoms with E-state index in [0.717, 1.165) is 22.4 Å². The van der Waals surface area contributed by atoms with Crippen LogP contribution in [0.4, 0.5) is 13.6 Å². The summed E-state index contributed by atoms with van der Waals surface area (Å²) >= 11 is 1.67. The van der Waals surface area contributed by atoms with E-state index >= 15 is 0 Å². The van der Waals surface area contributed by atoms with Crippen LogP contribution in [0.5, 0.6) is 5.75 Å². The van der Waals surface area contributed by atoms with E-state index in [1.165, 1.54) is 17.0 Å². The van der Waals surface area contributed by atoms with Crippen LogP contribution in [0.2, 0.25) is 0 Å². The number of alkyl halides is 2. The van der Waals surface area contributed by atoms with Crippen LogP contribution in [0.1, 0.15) is 29.3 Å². The van der Waals surface area contributed by atoms with Crippen LogP contribution in [0.25, 0.3) is 0 Å². The molecule has 2 aromatic rings. The topological polar surface area (TPSA) is 79.0 Å². The summed E-state index contributed by atoms with van der Waals surface area (Å²) in [6, 6.07) is 7.55. The zero-order valence-corrected chi connectivity index (χ0v) is 18.3. The van der Waals surface area contributed by atoms with E-state index in [1.807, 2.05) is 11.4 Å². The highest BCUT2D eigenvalue weighted by Gasteiger charge is 2.48. The normalized spacial score (nSPS) is 20.5. The van der Waals surface area contributed by atoms with E-state index in [0.29, 0.717) is 25.9 Å². The summed E-state index contributed by atoms with van der Waals surface area (Å²) in [5, 5.41) is 4.70. The molecule has 2 aliphatic heterocycles. The molecule has 0 unspecified atom stereocenters. The highest BCUT2D eigenvalue weighted by Crippen LogP contribution is 2.26. The fraction of sp³-hybridized carbons (Fsp3) is 0.409. The molecular weight excluding hydrogens is 440 g/mol. The first kappa shape index (κ1) is 22.2. The number of benzene rings is 1. The van der Waals surface area contributed by atoms with E-state index in [1.54, 1.807) is 35.3 Å². The fourth-order valence-electron chi connectivity index (χ4n) is 3.99. The van der Waals surface area contributed by atoms with Gasteiger partial charge in [0, 0.05) is 18.0 Å². The Labute approximate surface area is 187 Å². The predicted molar refractivity (Wildman–Crippen MR) is 113 cm³/mol. The van der Waals surface area contributed by atoms with Gasteiger partial charge in [-0.1, -0.05) is 12.1 Å². The monoisotopic (exact) mass is 463 g/mol. The standard InChI is InChI=1S/C22H23F2N3O4S/c1-22(9-6-14-2-4-16(5-3-14)31-20(23)24)19(29)27(21(30)25-22)13-18(28)26-10-7-17-15(12-26)8-11-32-17/h2-5,8,11,20H,6-7,9-10,12-13H2,1H3,(H,25,30)/t22-/m1/s1. The van der Waals surface area contributed by atoms with Gasteiger partial charge >= 0.3 is 12.6 Å². The number of carbonyl (C=O) groups is 3. The molecule has 32 heavy (non-hydrogen) atoms. The van der Waals surface area contributed by atoms with Crippen molar-refractivity contribution in [3.63, 3.8) is 0 Å². The second-order valence-electron chi connectivity index (χ2n) is 8.11. The number of hydrogen-bond acceptors (Lipinski definition) is 5. The van der Waals surface area contributed by atoms with Gasteiger partial charge in [-0.3, -0.25) is 14.5 Å². The molecule has 0 aliphatic carbocycles. The van der Waals surface area contributed by atoms with Crippen molar-refractivity contribution in [2.75, 3.05) is 13.1 Å². The molecule has 0 saturated carbocycles. The number of halogens is 2. The zero-order valence-electron chi connectivity index (χ0n) is 17.5. The lowest BCUT2D eigenvalue weighted by Gasteiger charge is -2.28. The predicted octanol–water partition coefficient (Wildman–Crippen LogP) is 3.18. The second-order valence-corrected chi connectivity index (χ2v) is 9.11.